The molecule has 1 saturated carbocycles. The molecule has 74 valence electrons. The highest BCUT2D eigenvalue weighted by Gasteiger charge is 2.45. The standard InChI is InChI=1S/C9H14O4/c1-9(4-2-3-5-9)6(7(10)11)8(12)13/h6H,2-5H2,1H3,(H,10,11)(H,12,13). The van der Waals surface area contributed by atoms with Crippen LogP contribution in [-0.2, 0) is 9.59 Å². The van der Waals surface area contributed by atoms with Gasteiger partial charge in [-0.05, 0) is 18.3 Å². The summed E-state index contributed by atoms with van der Waals surface area (Å²) in [7, 11) is 0. The van der Waals surface area contributed by atoms with Crippen molar-refractivity contribution < 1.29 is 19.8 Å². The maximum atomic E-state index is 10.8. The molecule has 0 unspecified atom stereocenters. The third kappa shape index (κ3) is 1.82. The molecule has 2 N–H and O–H groups in total. The molecule has 4 nitrogen and oxygen atoms in total. The number of carboxylic acids is 2. The van der Waals surface area contributed by atoms with Crippen LogP contribution >= 0.6 is 0 Å². The minimum Gasteiger partial charge on any atom is -0.481 e. The SMILES string of the molecule is CC1(C(C(=O)O)C(=O)O)CCCC1. The van der Waals surface area contributed by atoms with Crippen molar-refractivity contribution in [2.75, 3.05) is 0 Å². The summed E-state index contributed by atoms with van der Waals surface area (Å²) in [5.74, 6) is -3.66. The third-order valence-electron chi connectivity index (χ3n) is 2.94. The van der Waals surface area contributed by atoms with Crippen molar-refractivity contribution in [2.45, 2.75) is 32.6 Å². The summed E-state index contributed by atoms with van der Waals surface area (Å²) >= 11 is 0. The van der Waals surface area contributed by atoms with Crippen molar-refractivity contribution in [3.8, 4) is 0 Å². The number of hydrogen-bond donors (Lipinski definition) is 2. The summed E-state index contributed by atoms with van der Waals surface area (Å²) in [6, 6.07) is 0. The maximum Gasteiger partial charge on any atom is 0.318 e. The number of carbonyl (C=O) groups is 2. The van der Waals surface area contributed by atoms with Gasteiger partial charge in [-0.3, -0.25) is 9.59 Å². The van der Waals surface area contributed by atoms with Gasteiger partial charge in [0.15, 0.2) is 5.92 Å². The second-order valence-electron chi connectivity index (χ2n) is 3.97. The van der Waals surface area contributed by atoms with Crippen LogP contribution in [0, 0.1) is 11.3 Å². The highest BCUT2D eigenvalue weighted by atomic mass is 16.4. The Hall–Kier alpha value is -1.06. The molecule has 0 bridgehead atoms. The van der Waals surface area contributed by atoms with Gasteiger partial charge in [0.1, 0.15) is 0 Å². The lowest BCUT2D eigenvalue weighted by Gasteiger charge is -2.27. The number of rotatable bonds is 3. The molecule has 0 spiro atoms. The van der Waals surface area contributed by atoms with E-state index in [4.69, 9.17) is 10.2 Å². The Balaban J connectivity index is 2.86. The summed E-state index contributed by atoms with van der Waals surface area (Å²) in [6.45, 7) is 1.76. The Morgan fingerprint density at radius 1 is 1.15 bits per heavy atom. The molecular formula is C9H14O4. The van der Waals surface area contributed by atoms with E-state index in [1.54, 1.807) is 6.92 Å². The lowest BCUT2D eigenvalue weighted by atomic mass is 9.75. The molecule has 1 aliphatic carbocycles. The van der Waals surface area contributed by atoms with E-state index in [0.717, 1.165) is 12.8 Å². The van der Waals surface area contributed by atoms with Crippen LogP contribution < -0.4 is 0 Å². The first kappa shape index (κ1) is 10.0. The molecular weight excluding hydrogens is 172 g/mol. The maximum absolute atomic E-state index is 10.8. The van der Waals surface area contributed by atoms with E-state index < -0.39 is 23.3 Å². The molecule has 0 aromatic heterocycles. The molecule has 0 atom stereocenters. The molecule has 0 aromatic carbocycles. The van der Waals surface area contributed by atoms with E-state index in [1.165, 1.54) is 0 Å². The van der Waals surface area contributed by atoms with Gasteiger partial charge in [-0.2, -0.15) is 0 Å². The summed E-state index contributed by atoms with van der Waals surface area (Å²) in [6.07, 6.45) is 3.29. The highest BCUT2D eigenvalue weighted by molar-refractivity contribution is 5.93. The molecule has 13 heavy (non-hydrogen) atoms. The van der Waals surface area contributed by atoms with Crippen LogP contribution in [-0.4, -0.2) is 22.2 Å². The van der Waals surface area contributed by atoms with Crippen LogP contribution in [0.1, 0.15) is 32.6 Å². The van der Waals surface area contributed by atoms with E-state index >= 15 is 0 Å². The Bertz CT molecular complexity index is 214. The molecule has 0 aromatic rings. The van der Waals surface area contributed by atoms with E-state index in [9.17, 15) is 9.59 Å². The molecule has 0 aliphatic heterocycles. The minimum atomic E-state index is -1.24. The zero-order chi connectivity index (χ0) is 10.1. The lowest BCUT2D eigenvalue weighted by molar-refractivity contribution is -0.160. The van der Waals surface area contributed by atoms with Crippen LogP contribution in [0.4, 0.5) is 0 Å². The highest BCUT2D eigenvalue weighted by Crippen LogP contribution is 2.44. The first-order valence-corrected chi connectivity index (χ1v) is 4.43. The zero-order valence-electron chi connectivity index (χ0n) is 7.62. The summed E-state index contributed by atoms with van der Waals surface area (Å²) in [4.78, 5) is 21.5. The second-order valence-corrected chi connectivity index (χ2v) is 3.97. The Morgan fingerprint density at radius 2 is 1.54 bits per heavy atom. The summed E-state index contributed by atoms with van der Waals surface area (Å²) in [5, 5.41) is 17.6. The van der Waals surface area contributed by atoms with Gasteiger partial charge >= 0.3 is 11.9 Å². The molecule has 1 aliphatic rings. The zero-order valence-corrected chi connectivity index (χ0v) is 7.62. The largest absolute Gasteiger partial charge is 0.481 e. The van der Waals surface area contributed by atoms with Crippen molar-refractivity contribution in [3.63, 3.8) is 0 Å². The monoisotopic (exact) mass is 186 g/mol. The average Bonchev–Trinajstić information content (AvgIpc) is 2.33. The van der Waals surface area contributed by atoms with Crippen LogP contribution in [0.5, 0.6) is 0 Å². The quantitative estimate of drug-likeness (QED) is 0.652. The fraction of sp³-hybridized carbons (Fsp3) is 0.778. The fourth-order valence-electron chi connectivity index (χ4n) is 2.17. The van der Waals surface area contributed by atoms with E-state index in [-0.39, 0.29) is 0 Å². The summed E-state index contributed by atoms with van der Waals surface area (Å²) < 4.78 is 0. The molecule has 0 amide bonds. The van der Waals surface area contributed by atoms with E-state index in [2.05, 4.69) is 0 Å². The van der Waals surface area contributed by atoms with Gasteiger partial charge in [0, 0.05) is 0 Å². The molecule has 1 rings (SSSR count). The van der Waals surface area contributed by atoms with Gasteiger partial charge in [0.2, 0.25) is 0 Å². The van der Waals surface area contributed by atoms with E-state index in [1.807, 2.05) is 0 Å². The van der Waals surface area contributed by atoms with Gasteiger partial charge < -0.3 is 10.2 Å². The van der Waals surface area contributed by atoms with Crippen molar-refractivity contribution >= 4 is 11.9 Å². The Kier molecular flexibility index (Phi) is 2.59. The van der Waals surface area contributed by atoms with Gasteiger partial charge in [-0.1, -0.05) is 19.8 Å². The predicted molar refractivity (Wildman–Crippen MR) is 45.3 cm³/mol. The Morgan fingerprint density at radius 3 is 1.85 bits per heavy atom. The van der Waals surface area contributed by atoms with Crippen LogP contribution in [0.15, 0.2) is 0 Å². The van der Waals surface area contributed by atoms with Crippen molar-refractivity contribution in [3.05, 3.63) is 0 Å². The number of aliphatic carboxylic acids is 2. The molecule has 1 fully saturated rings. The Labute approximate surface area is 76.6 Å². The first-order chi connectivity index (χ1) is 5.97. The first-order valence-electron chi connectivity index (χ1n) is 4.43. The molecule has 4 heteroatoms. The van der Waals surface area contributed by atoms with E-state index in [0.29, 0.717) is 12.8 Å². The van der Waals surface area contributed by atoms with Crippen LogP contribution in [0.25, 0.3) is 0 Å². The average molecular weight is 186 g/mol. The normalized spacial score (nSPS) is 20.5. The topological polar surface area (TPSA) is 74.6 Å². The third-order valence-corrected chi connectivity index (χ3v) is 2.94. The van der Waals surface area contributed by atoms with Crippen molar-refractivity contribution in [1.82, 2.24) is 0 Å². The number of hydrogen-bond acceptors (Lipinski definition) is 2. The predicted octanol–water partition coefficient (Wildman–Crippen LogP) is 1.35. The van der Waals surface area contributed by atoms with Gasteiger partial charge in [-0.25, -0.2) is 0 Å². The minimum absolute atomic E-state index is 0.544. The smallest absolute Gasteiger partial charge is 0.318 e. The second kappa shape index (κ2) is 3.36. The van der Waals surface area contributed by atoms with Gasteiger partial charge in [-0.15, -0.1) is 0 Å². The van der Waals surface area contributed by atoms with Crippen molar-refractivity contribution in [2.24, 2.45) is 11.3 Å². The van der Waals surface area contributed by atoms with Crippen LogP contribution in [0.2, 0.25) is 0 Å². The molecule has 0 heterocycles. The van der Waals surface area contributed by atoms with Crippen molar-refractivity contribution in [1.29, 1.82) is 0 Å². The van der Waals surface area contributed by atoms with Crippen LogP contribution in [0.3, 0.4) is 0 Å². The summed E-state index contributed by atoms with van der Waals surface area (Å²) in [5.41, 5.74) is -0.544. The van der Waals surface area contributed by atoms with Gasteiger partial charge in [0.05, 0.1) is 0 Å². The fourth-order valence-corrected chi connectivity index (χ4v) is 2.17. The number of carboxylic acid groups (broad SMARTS) is 2. The molecule has 0 radical (unpaired) electrons. The molecule has 0 saturated heterocycles. The van der Waals surface area contributed by atoms with Gasteiger partial charge in [0.25, 0.3) is 0 Å². The lowest BCUT2D eigenvalue weighted by Crippen LogP contribution is -2.37.